The van der Waals surface area contributed by atoms with Gasteiger partial charge in [-0.1, -0.05) is 11.6 Å². The van der Waals surface area contributed by atoms with Gasteiger partial charge in [-0.2, -0.15) is 0 Å². The van der Waals surface area contributed by atoms with E-state index in [0.717, 1.165) is 0 Å². The lowest BCUT2D eigenvalue weighted by Gasteiger charge is -2.27. The number of benzene rings is 1. The number of esters is 1. The molecule has 1 N–H and O–H groups in total. The topological polar surface area (TPSA) is 84.9 Å². The second kappa shape index (κ2) is 7.95. The number of methoxy groups -OCH3 is 1. The summed E-state index contributed by atoms with van der Waals surface area (Å²) in [6, 6.07) is 5.26. The van der Waals surface area contributed by atoms with Crippen LogP contribution in [0.4, 0.5) is 4.79 Å². The molecule has 0 radical (unpaired) electrons. The fourth-order valence-corrected chi connectivity index (χ4v) is 2.82. The number of hydrogen-bond donors (Lipinski definition) is 1. The highest BCUT2D eigenvalue weighted by atomic mass is 35.5. The van der Waals surface area contributed by atoms with Crippen LogP contribution in [-0.4, -0.2) is 54.2 Å². The van der Waals surface area contributed by atoms with Crippen LogP contribution in [0.1, 0.15) is 37.6 Å². The van der Waals surface area contributed by atoms with Crippen LogP contribution in [0.2, 0.25) is 5.02 Å². The van der Waals surface area contributed by atoms with E-state index in [0.29, 0.717) is 10.6 Å². The Morgan fingerprint density at radius 2 is 1.81 bits per heavy atom. The summed E-state index contributed by atoms with van der Waals surface area (Å²) in [5.41, 5.74) is -0.248. The molecule has 1 aliphatic rings. The molecule has 0 aliphatic carbocycles. The van der Waals surface area contributed by atoms with Gasteiger partial charge >= 0.3 is 12.1 Å². The molecule has 1 aromatic carbocycles. The average Bonchev–Trinajstić information content (AvgIpc) is 2.97. The predicted molar refractivity (Wildman–Crippen MR) is 96.1 cm³/mol. The number of carbonyl (C=O) groups is 3. The average molecular weight is 383 g/mol. The first kappa shape index (κ1) is 20.0. The fourth-order valence-electron chi connectivity index (χ4n) is 2.69. The van der Waals surface area contributed by atoms with Gasteiger partial charge in [-0.25, -0.2) is 9.59 Å². The zero-order valence-electron chi connectivity index (χ0n) is 15.2. The molecular weight excluding hydrogens is 360 g/mol. The third-order valence-electron chi connectivity index (χ3n) is 3.84. The van der Waals surface area contributed by atoms with Crippen LogP contribution >= 0.6 is 11.6 Å². The molecule has 1 saturated heterocycles. The third kappa shape index (κ3) is 5.11. The monoisotopic (exact) mass is 382 g/mol. The number of carbonyl (C=O) groups excluding carboxylic acids is 3. The smallest absolute Gasteiger partial charge is 0.411 e. The minimum atomic E-state index is -0.801. The third-order valence-corrected chi connectivity index (χ3v) is 4.10. The van der Waals surface area contributed by atoms with Gasteiger partial charge in [0, 0.05) is 29.6 Å². The van der Waals surface area contributed by atoms with E-state index < -0.39 is 29.7 Å². The molecule has 0 aromatic heterocycles. The van der Waals surface area contributed by atoms with Crippen molar-refractivity contribution in [3.8, 4) is 0 Å². The highest BCUT2D eigenvalue weighted by Gasteiger charge is 2.42. The molecule has 2 amide bonds. The SMILES string of the molecule is COC(=O)[C@@H]1C[C@@H](NC(=O)c2ccc(Cl)cc2)CN1C(=O)OC(C)(C)C. The maximum absolute atomic E-state index is 12.4. The first-order valence-electron chi connectivity index (χ1n) is 8.24. The number of likely N-dealkylation sites (tertiary alicyclic amines) is 1. The van der Waals surface area contributed by atoms with Gasteiger partial charge in [-0.05, 0) is 45.0 Å². The van der Waals surface area contributed by atoms with Crippen molar-refractivity contribution in [3.63, 3.8) is 0 Å². The van der Waals surface area contributed by atoms with Crippen LogP contribution in [0.3, 0.4) is 0 Å². The van der Waals surface area contributed by atoms with Crippen molar-refractivity contribution in [1.82, 2.24) is 10.2 Å². The van der Waals surface area contributed by atoms with Gasteiger partial charge in [0.2, 0.25) is 0 Å². The van der Waals surface area contributed by atoms with Crippen LogP contribution < -0.4 is 5.32 Å². The summed E-state index contributed by atoms with van der Waals surface area (Å²) in [6.07, 6.45) is -0.359. The number of rotatable bonds is 3. The van der Waals surface area contributed by atoms with Gasteiger partial charge < -0.3 is 14.8 Å². The Balaban J connectivity index is 2.09. The lowest BCUT2D eigenvalue weighted by Crippen LogP contribution is -2.44. The van der Waals surface area contributed by atoms with E-state index in [1.807, 2.05) is 0 Å². The van der Waals surface area contributed by atoms with E-state index in [-0.39, 0.29) is 18.9 Å². The number of nitrogens with one attached hydrogen (secondary N) is 1. The summed E-state index contributed by atoms with van der Waals surface area (Å²) in [5.74, 6) is -0.847. The first-order valence-corrected chi connectivity index (χ1v) is 8.62. The second-order valence-electron chi connectivity index (χ2n) is 7.08. The van der Waals surface area contributed by atoms with Gasteiger partial charge in [-0.15, -0.1) is 0 Å². The zero-order chi connectivity index (χ0) is 19.5. The molecule has 0 spiro atoms. The van der Waals surface area contributed by atoms with E-state index in [1.165, 1.54) is 12.0 Å². The molecule has 1 aromatic rings. The van der Waals surface area contributed by atoms with E-state index in [4.69, 9.17) is 21.1 Å². The number of hydrogen-bond acceptors (Lipinski definition) is 5. The molecule has 2 atom stereocenters. The molecule has 0 bridgehead atoms. The van der Waals surface area contributed by atoms with Crippen LogP contribution in [-0.2, 0) is 14.3 Å². The molecule has 1 aliphatic heterocycles. The summed E-state index contributed by atoms with van der Waals surface area (Å²) in [4.78, 5) is 38.1. The molecule has 1 heterocycles. The number of ether oxygens (including phenoxy) is 2. The van der Waals surface area contributed by atoms with Crippen LogP contribution in [0.25, 0.3) is 0 Å². The van der Waals surface area contributed by atoms with E-state index in [9.17, 15) is 14.4 Å². The summed E-state index contributed by atoms with van der Waals surface area (Å²) in [5, 5.41) is 3.36. The first-order chi connectivity index (χ1) is 12.1. The predicted octanol–water partition coefficient (Wildman–Crippen LogP) is 2.62. The highest BCUT2D eigenvalue weighted by molar-refractivity contribution is 6.30. The summed E-state index contributed by atoms with van der Waals surface area (Å²) in [6.45, 7) is 5.39. The highest BCUT2D eigenvalue weighted by Crippen LogP contribution is 2.23. The molecule has 1 fully saturated rings. The Hall–Kier alpha value is -2.28. The van der Waals surface area contributed by atoms with Gasteiger partial charge in [0.1, 0.15) is 11.6 Å². The van der Waals surface area contributed by atoms with Gasteiger partial charge in [-0.3, -0.25) is 9.69 Å². The van der Waals surface area contributed by atoms with Crippen LogP contribution in [0, 0.1) is 0 Å². The summed E-state index contributed by atoms with van der Waals surface area (Å²) >= 11 is 5.82. The second-order valence-corrected chi connectivity index (χ2v) is 7.52. The largest absolute Gasteiger partial charge is 0.467 e. The molecule has 7 nitrogen and oxygen atoms in total. The van der Waals surface area contributed by atoms with Crippen molar-refractivity contribution in [1.29, 1.82) is 0 Å². The summed E-state index contributed by atoms with van der Waals surface area (Å²) in [7, 11) is 1.26. The van der Waals surface area contributed by atoms with E-state index in [2.05, 4.69) is 5.32 Å². The molecule has 8 heteroatoms. The van der Waals surface area contributed by atoms with E-state index in [1.54, 1.807) is 45.0 Å². The molecule has 142 valence electrons. The van der Waals surface area contributed by atoms with Crippen molar-refractivity contribution >= 4 is 29.6 Å². The van der Waals surface area contributed by atoms with Crippen molar-refractivity contribution < 1.29 is 23.9 Å². The Kier molecular flexibility index (Phi) is 6.13. The van der Waals surface area contributed by atoms with Gasteiger partial charge in [0.15, 0.2) is 0 Å². The molecule has 0 saturated carbocycles. The fraction of sp³-hybridized carbons (Fsp3) is 0.500. The summed E-state index contributed by atoms with van der Waals surface area (Å²) < 4.78 is 10.1. The van der Waals surface area contributed by atoms with Crippen molar-refractivity contribution in [2.24, 2.45) is 0 Å². The molecule has 26 heavy (non-hydrogen) atoms. The molecule has 0 unspecified atom stereocenters. The Morgan fingerprint density at radius 3 is 2.35 bits per heavy atom. The normalized spacial score (nSPS) is 19.8. The lowest BCUT2D eigenvalue weighted by molar-refractivity contribution is -0.145. The van der Waals surface area contributed by atoms with Crippen molar-refractivity contribution in [2.45, 2.75) is 44.9 Å². The van der Waals surface area contributed by atoms with Crippen LogP contribution in [0.5, 0.6) is 0 Å². The number of amides is 2. The molecular formula is C18H23ClN2O5. The van der Waals surface area contributed by atoms with Crippen LogP contribution in [0.15, 0.2) is 24.3 Å². The lowest BCUT2D eigenvalue weighted by atomic mass is 10.1. The van der Waals surface area contributed by atoms with Gasteiger partial charge in [0.05, 0.1) is 7.11 Å². The Morgan fingerprint density at radius 1 is 1.19 bits per heavy atom. The quantitative estimate of drug-likeness (QED) is 0.812. The Bertz CT molecular complexity index is 684. The maximum atomic E-state index is 12.4. The minimum absolute atomic E-state index is 0.161. The maximum Gasteiger partial charge on any atom is 0.411 e. The number of halogens is 1. The number of nitrogens with zero attached hydrogens (tertiary/aromatic N) is 1. The Labute approximate surface area is 157 Å². The van der Waals surface area contributed by atoms with Gasteiger partial charge in [0.25, 0.3) is 5.91 Å². The van der Waals surface area contributed by atoms with Crippen molar-refractivity contribution in [3.05, 3.63) is 34.9 Å². The zero-order valence-corrected chi connectivity index (χ0v) is 16.0. The molecule has 2 rings (SSSR count). The standard InChI is InChI=1S/C18H23ClN2O5/c1-18(2,3)26-17(24)21-10-13(9-14(21)16(23)25-4)20-15(22)11-5-7-12(19)8-6-11/h5-8,13-14H,9-10H2,1-4H3,(H,20,22)/t13-,14+/m1/s1. The van der Waals surface area contributed by atoms with E-state index >= 15 is 0 Å². The minimum Gasteiger partial charge on any atom is -0.467 e. The van der Waals surface area contributed by atoms with Crippen molar-refractivity contribution in [2.75, 3.05) is 13.7 Å².